The fourth-order valence-corrected chi connectivity index (χ4v) is 1.92. The lowest BCUT2D eigenvalue weighted by Crippen LogP contribution is -2.17. The summed E-state index contributed by atoms with van der Waals surface area (Å²) in [4.78, 5) is 17.6. The molecule has 0 radical (unpaired) electrons. The molecule has 0 aliphatic carbocycles. The molecule has 4 nitrogen and oxygen atoms in total. The second-order valence-electron chi connectivity index (χ2n) is 3.40. The van der Waals surface area contributed by atoms with Gasteiger partial charge in [-0.25, -0.2) is 14.8 Å². The van der Waals surface area contributed by atoms with Gasteiger partial charge in [0.1, 0.15) is 11.4 Å². The summed E-state index contributed by atoms with van der Waals surface area (Å²) in [7, 11) is 0. The van der Waals surface area contributed by atoms with Crippen molar-refractivity contribution in [3.8, 4) is 0 Å². The van der Waals surface area contributed by atoms with Gasteiger partial charge >= 0.3 is 12.1 Å². The molecule has 1 rings (SSSR count). The van der Waals surface area contributed by atoms with Gasteiger partial charge in [0, 0.05) is 6.20 Å². The second kappa shape index (κ2) is 6.03. The highest BCUT2D eigenvalue weighted by Crippen LogP contribution is 2.30. The number of carboxylic acids is 1. The smallest absolute Gasteiger partial charge is 0.434 e. The molecular formula is C10H11F3N2O2S. The molecule has 1 heterocycles. The molecule has 1 N–H and O–H groups in total. The van der Waals surface area contributed by atoms with Crippen molar-refractivity contribution in [1.29, 1.82) is 0 Å². The number of carboxylic acid groups (broad SMARTS) is 1. The van der Waals surface area contributed by atoms with Crippen LogP contribution >= 0.6 is 11.8 Å². The lowest BCUT2D eigenvalue weighted by atomic mass is 10.2. The molecule has 0 aliphatic heterocycles. The number of aromatic carboxylic acids is 1. The van der Waals surface area contributed by atoms with E-state index in [2.05, 4.69) is 9.97 Å². The van der Waals surface area contributed by atoms with Gasteiger partial charge in [-0.3, -0.25) is 0 Å². The van der Waals surface area contributed by atoms with E-state index < -0.39 is 23.4 Å². The Balaban J connectivity index is 3.02. The van der Waals surface area contributed by atoms with Gasteiger partial charge in [0.25, 0.3) is 0 Å². The number of carbonyl (C=O) groups is 1. The predicted octanol–water partition coefficient (Wildman–Crippen LogP) is 2.84. The van der Waals surface area contributed by atoms with Crippen LogP contribution in [0.2, 0.25) is 0 Å². The predicted molar refractivity (Wildman–Crippen MR) is 60.4 cm³/mol. The molecule has 0 atom stereocenters. The third kappa shape index (κ3) is 3.86. The Morgan fingerprint density at radius 2 is 2.17 bits per heavy atom. The lowest BCUT2D eigenvalue weighted by Gasteiger charge is -2.10. The average molecular weight is 280 g/mol. The summed E-state index contributed by atoms with van der Waals surface area (Å²) < 4.78 is 37.8. The fourth-order valence-electron chi connectivity index (χ4n) is 1.17. The zero-order chi connectivity index (χ0) is 13.8. The fraction of sp³-hybridized carbons (Fsp3) is 0.500. The summed E-state index contributed by atoms with van der Waals surface area (Å²) in [6.07, 6.45) is -3.19. The number of thioether (sulfide) groups is 1. The summed E-state index contributed by atoms with van der Waals surface area (Å²) in [6.45, 7) is 1.95. The van der Waals surface area contributed by atoms with E-state index in [1.807, 2.05) is 6.92 Å². The van der Waals surface area contributed by atoms with Gasteiger partial charge in [-0.1, -0.05) is 6.92 Å². The lowest BCUT2D eigenvalue weighted by molar-refractivity contribution is -0.141. The third-order valence-corrected chi connectivity index (χ3v) is 3.08. The number of halogens is 3. The molecule has 18 heavy (non-hydrogen) atoms. The van der Waals surface area contributed by atoms with Crippen LogP contribution in [0.1, 0.15) is 35.2 Å². The highest BCUT2D eigenvalue weighted by molar-refractivity contribution is 7.98. The summed E-state index contributed by atoms with van der Waals surface area (Å²) in [5, 5.41) is 8.65. The van der Waals surface area contributed by atoms with Crippen molar-refractivity contribution in [1.82, 2.24) is 9.97 Å². The van der Waals surface area contributed by atoms with Crippen LogP contribution in [0.15, 0.2) is 6.20 Å². The van der Waals surface area contributed by atoms with E-state index in [1.165, 1.54) is 11.8 Å². The average Bonchev–Trinajstić information content (AvgIpc) is 2.28. The summed E-state index contributed by atoms with van der Waals surface area (Å²) in [6, 6.07) is 0. The van der Waals surface area contributed by atoms with Crippen LogP contribution in [-0.2, 0) is 11.9 Å². The summed E-state index contributed by atoms with van der Waals surface area (Å²) in [5.74, 6) is -0.678. The third-order valence-electron chi connectivity index (χ3n) is 1.92. The van der Waals surface area contributed by atoms with Gasteiger partial charge in [0.2, 0.25) is 0 Å². The molecule has 100 valence electrons. The van der Waals surface area contributed by atoms with Gasteiger partial charge < -0.3 is 5.11 Å². The Kier molecular flexibility index (Phi) is 4.94. The molecule has 0 aromatic carbocycles. The van der Waals surface area contributed by atoms with E-state index >= 15 is 0 Å². The van der Waals surface area contributed by atoms with Crippen molar-refractivity contribution in [3.63, 3.8) is 0 Å². The Labute approximate surface area is 106 Å². The SMILES string of the molecule is CCCSCc1ncc(C(=O)O)c(C(F)(F)F)n1. The van der Waals surface area contributed by atoms with Gasteiger partial charge in [-0.05, 0) is 12.2 Å². The molecule has 0 aliphatic rings. The standard InChI is InChI=1S/C10H11F3N2O2S/c1-2-3-18-5-7-14-4-6(9(16)17)8(15-7)10(11,12)13/h4H,2-3,5H2,1H3,(H,16,17). The van der Waals surface area contributed by atoms with Crippen molar-refractivity contribution in [2.24, 2.45) is 0 Å². The summed E-state index contributed by atoms with van der Waals surface area (Å²) >= 11 is 1.40. The Hall–Kier alpha value is -1.31. The maximum atomic E-state index is 12.6. The monoisotopic (exact) mass is 280 g/mol. The highest BCUT2D eigenvalue weighted by Gasteiger charge is 2.38. The van der Waals surface area contributed by atoms with Crippen LogP contribution in [0.5, 0.6) is 0 Å². The van der Waals surface area contributed by atoms with E-state index in [4.69, 9.17) is 5.11 Å². The minimum absolute atomic E-state index is 0.00854. The molecule has 0 unspecified atom stereocenters. The normalized spacial score (nSPS) is 11.6. The van der Waals surface area contributed by atoms with Crippen LogP contribution < -0.4 is 0 Å². The minimum atomic E-state index is -4.79. The molecule has 0 amide bonds. The van der Waals surface area contributed by atoms with Gasteiger partial charge in [0.15, 0.2) is 5.69 Å². The number of rotatable bonds is 5. The van der Waals surface area contributed by atoms with Crippen molar-refractivity contribution in [3.05, 3.63) is 23.3 Å². The van der Waals surface area contributed by atoms with Crippen LogP contribution in [0, 0.1) is 0 Å². The van der Waals surface area contributed by atoms with Gasteiger partial charge in [-0.2, -0.15) is 24.9 Å². The molecule has 0 saturated heterocycles. The maximum absolute atomic E-state index is 12.6. The van der Waals surface area contributed by atoms with Crippen LogP contribution in [0.25, 0.3) is 0 Å². The number of alkyl halides is 3. The molecule has 1 aromatic heterocycles. The number of nitrogens with zero attached hydrogens (tertiary/aromatic N) is 2. The maximum Gasteiger partial charge on any atom is 0.434 e. The second-order valence-corrected chi connectivity index (χ2v) is 4.51. The highest BCUT2D eigenvalue weighted by atomic mass is 32.2. The molecule has 0 fully saturated rings. The zero-order valence-corrected chi connectivity index (χ0v) is 10.3. The first-order chi connectivity index (χ1) is 8.36. The molecule has 1 aromatic rings. The van der Waals surface area contributed by atoms with E-state index in [-0.39, 0.29) is 11.6 Å². The van der Waals surface area contributed by atoms with Crippen molar-refractivity contribution < 1.29 is 23.1 Å². The molecular weight excluding hydrogens is 269 g/mol. The first kappa shape index (κ1) is 14.7. The van der Waals surface area contributed by atoms with Gasteiger partial charge in [-0.15, -0.1) is 0 Å². The number of hydrogen-bond donors (Lipinski definition) is 1. The molecule has 0 spiro atoms. The number of hydrogen-bond acceptors (Lipinski definition) is 4. The van der Waals surface area contributed by atoms with Crippen molar-refractivity contribution >= 4 is 17.7 Å². The summed E-state index contributed by atoms with van der Waals surface area (Å²) in [5.41, 5.74) is -2.32. The van der Waals surface area contributed by atoms with E-state index in [0.29, 0.717) is 6.20 Å². The van der Waals surface area contributed by atoms with Crippen molar-refractivity contribution in [2.45, 2.75) is 25.3 Å². The van der Waals surface area contributed by atoms with E-state index in [1.54, 1.807) is 0 Å². The topological polar surface area (TPSA) is 63.1 Å². The first-order valence-electron chi connectivity index (χ1n) is 5.10. The van der Waals surface area contributed by atoms with E-state index in [9.17, 15) is 18.0 Å². The quantitative estimate of drug-likeness (QED) is 0.840. The van der Waals surface area contributed by atoms with E-state index in [0.717, 1.165) is 12.2 Å². The Morgan fingerprint density at radius 1 is 1.50 bits per heavy atom. The molecule has 0 saturated carbocycles. The Bertz CT molecular complexity index is 438. The Morgan fingerprint density at radius 3 is 2.67 bits per heavy atom. The van der Waals surface area contributed by atoms with Crippen molar-refractivity contribution in [2.75, 3.05) is 5.75 Å². The minimum Gasteiger partial charge on any atom is -0.478 e. The molecule has 8 heteroatoms. The van der Waals surface area contributed by atoms with Crippen LogP contribution in [-0.4, -0.2) is 26.8 Å². The zero-order valence-electron chi connectivity index (χ0n) is 9.49. The number of aromatic nitrogens is 2. The van der Waals surface area contributed by atoms with Gasteiger partial charge in [0.05, 0.1) is 5.75 Å². The first-order valence-corrected chi connectivity index (χ1v) is 6.26. The van der Waals surface area contributed by atoms with Crippen LogP contribution in [0.4, 0.5) is 13.2 Å². The molecule has 0 bridgehead atoms. The van der Waals surface area contributed by atoms with Crippen LogP contribution in [0.3, 0.4) is 0 Å². The largest absolute Gasteiger partial charge is 0.478 e.